The second kappa shape index (κ2) is 12.2. The Morgan fingerprint density at radius 1 is 1.16 bits per heavy atom. The minimum atomic E-state index is -4.17. The first-order valence-electron chi connectivity index (χ1n) is 8.59. The molecule has 1 fully saturated rings. The lowest BCUT2D eigenvalue weighted by Crippen LogP contribution is -2.56. The number of piperazine rings is 1. The maximum atomic E-state index is 12.8. The van der Waals surface area contributed by atoms with Crippen molar-refractivity contribution in [1.82, 2.24) is 15.1 Å². The highest BCUT2D eigenvalue weighted by molar-refractivity contribution is 14.0. The van der Waals surface area contributed by atoms with Crippen molar-refractivity contribution in [2.75, 3.05) is 53.0 Å². The maximum absolute atomic E-state index is 12.8. The number of hydrogen-bond donors (Lipinski definition) is 1. The molecule has 0 aromatic heterocycles. The predicted molar refractivity (Wildman–Crippen MR) is 106 cm³/mol. The van der Waals surface area contributed by atoms with Crippen molar-refractivity contribution in [3.05, 3.63) is 0 Å². The fraction of sp³-hybridized carbons (Fsp3) is 0.938. The van der Waals surface area contributed by atoms with Crippen LogP contribution in [0.2, 0.25) is 0 Å². The van der Waals surface area contributed by atoms with E-state index in [9.17, 15) is 13.2 Å². The Labute approximate surface area is 166 Å². The van der Waals surface area contributed by atoms with E-state index in [2.05, 4.69) is 24.2 Å². The van der Waals surface area contributed by atoms with Crippen LogP contribution in [0.4, 0.5) is 13.2 Å². The van der Waals surface area contributed by atoms with Crippen LogP contribution in [0, 0.1) is 5.92 Å². The Kier molecular flexibility index (Phi) is 12.0. The molecule has 1 aliphatic heterocycles. The Morgan fingerprint density at radius 3 is 2.24 bits per heavy atom. The first-order valence-corrected chi connectivity index (χ1v) is 8.59. The highest BCUT2D eigenvalue weighted by Gasteiger charge is 2.41. The minimum absolute atomic E-state index is 0. The molecule has 5 nitrogen and oxygen atoms in total. The van der Waals surface area contributed by atoms with Gasteiger partial charge in [-0.2, -0.15) is 13.2 Å². The zero-order valence-corrected chi connectivity index (χ0v) is 17.9. The molecular formula is C16H32F3IN4O. The lowest BCUT2D eigenvalue weighted by molar-refractivity contribution is -0.181. The normalized spacial score (nSPS) is 18.2. The monoisotopic (exact) mass is 480 g/mol. The molecule has 25 heavy (non-hydrogen) atoms. The van der Waals surface area contributed by atoms with E-state index < -0.39 is 12.2 Å². The first-order chi connectivity index (χ1) is 11.3. The van der Waals surface area contributed by atoms with Gasteiger partial charge in [0.1, 0.15) is 6.04 Å². The fourth-order valence-electron chi connectivity index (χ4n) is 2.55. The van der Waals surface area contributed by atoms with Gasteiger partial charge in [-0.1, -0.05) is 13.8 Å². The van der Waals surface area contributed by atoms with Crippen molar-refractivity contribution in [3.63, 3.8) is 0 Å². The quantitative estimate of drug-likeness (QED) is 0.264. The number of alkyl halides is 3. The molecule has 150 valence electrons. The molecule has 0 radical (unpaired) electrons. The van der Waals surface area contributed by atoms with Crippen LogP contribution in [-0.4, -0.2) is 81.0 Å². The molecular weight excluding hydrogens is 448 g/mol. The molecule has 0 saturated carbocycles. The van der Waals surface area contributed by atoms with Gasteiger partial charge in [-0.15, -0.1) is 24.0 Å². The van der Waals surface area contributed by atoms with E-state index >= 15 is 0 Å². The average molecular weight is 480 g/mol. The van der Waals surface area contributed by atoms with Crippen molar-refractivity contribution in [2.45, 2.75) is 39.4 Å². The second-order valence-electron chi connectivity index (χ2n) is 6.54. The summed E-state index contributed by atoms with van der Waals surface area (Å²) in [6, 6.07) is -1.40. The summed E-state index contributed by atoms with van der Waals surface area (Å²) in [5.74, 6) is 1.28. The Morgan fingerprint density at radius 2 is 1.76 bits per heavy atom. The van der Waals surface area contributed by atoms with Gasteiger partial charge < -0.3 is 15.0 Å². The third-order valence-electron chi connectivity index (χ3n) is 4.05. The summed E-state index contributed by atoms with van der Waals surface area (Å²) in [6.07, 6.45) is -3.30. The highest BCUT2D eigenvalue weighted by atomic mass is 127. The number of aliphatic imine (C=N–C) groups is 1. The lowest BCUT2D eigenvalue weighted by Gasteiger charge is -2.39. The van der Waals surface area contributed by atoms with Crippen molar-refractivity contribution >= 4 is 29.9 Å². The summed E-state index contributed by atoms with van der Waals surface area (Å²) in [6.45, 7) is 9.50. The summed E-state index contributed by atoms with van der Waals surface area (Å²) < 4.78 is 43.8. The first kappa shape index (κ1) is 24.7. The number of nitrogens with zero attached hydrogens (tertiary/aromatic N) is 3. The van der Waals surface area contributed by atoms with Crippen LogP contribution in [-0.2, 0) is 4.74 Å². The van der Waals surface area contributed by atoms with Crippen LogP contribution in [0.1, 0.15) is 27.2 Å². The molecule has 1 N–H and O–H groups in total. The molecule has 0 spiro atoms. The van der Waals surface area contributed by atoms with Crippen LogP contribution in [0.5, 0.6) is 0 Å². The molecule has 0 aliphatic carbocycles. The van der Waals surface area contributed by atoms with E-state index in [1.807, 2.05) is 4.90 Å². The minimum Gasteiger partial charge on any atom is -0.381 e. The Balaban J connectivity index is 0.00000576. The zero-order chi connectivity index (χ0) is 18.2. The van der Waals surface area contributed by atoms with Crippen molar-refractivity contribution in [1.29, 1.82) is 0 Å². The Bertz CT molecular complexity index is 386. The van der Waals surface area contributed by atoms with Crippen LogP contribution < -0.4 is 5.32 Å². The van der Waals surface area contributed by atoms with E-state index in [-0.39, 0.29) is 24.0 Å². The maximum Gasteiger partial charge on any atom is 0.403 e. The molecule has 1 heterocycles. The lowest BCUT2D eigenvalue weighted by atomic mass is 10.2. The topological polar surface area (TPSA) is 40.1 Å². The molecule has 9 heteroatoms. The van der Waals surface area contributed by atoms with E-state index in [4.69, 9.17) is 4.74 Å². The summed E-state index contributed by atoms with van der Waals surface area (Å²) in [5, 5.41) is 3.26. The molecule has 1 atom stereocenters. The summed E-state index contributed by atoms with van der Waals surface area (Å²) >= 11 is 0. The molecule has 0 bridgehead atoms. The van der Waals surface area contributed by atoms with E-state index in [1.165, 1.54) is 11.8 Å². The molecule has 0 amide bonds. The van der Waals surface area contributed by atoms with Crippen LogP contribution in [0.15, 0.2) is 4.99 Å². The van der Waals surface area contributed by atoms with Gasteiger partial charge in [0.05, 0.1) is 0 Å². The van der Waals surface area contributed by atoms with Crippen molar-refractivity contribution in [2.24, 2.45) is 10.9 Å². The average Bonchev–Trinajstić information content (AvgIpc) is 2.52. The van der Waals surface area contributed by atoms with Gasteiger partial charge in [-0.3, -0.25) is 9.89 Å². The fourth-order valence-corrected chi connectivity index (χ4v) is 2.55. The molecule has 1 saturated heterocycles. The van der Waals surface area contributed by atoms with Crippen molar-refractivity contribution in [3.8, 4) is 0 Å². The van der Waals surface area contributed by atoms with Crippen LogP contribution >= 0.6 is 24.0 Å². The standard InChI is InChI=1S/C16H31F3N4O.HI/c1-13(2)12-24-11-5-6-21-15(20-4)23-9-7-22(8-10-23)14(3)16(17,18)19;/h13-14H,5-12H2,1-4H3,(H,20,21);1H. The van der Waals surface area contributed by atoms with E-state index in [0.717, 1.165) is 25.5 Å². The third-order valence-corrected chi connectivity index (χ3v) is 4.05. The summed E-state index contributed by atoms with van der Waals surface area (Å²) in [7, 11) is 1.70. The summed E-state index contributed by atoms with van der Waals surface area (Å²) in [5.41, 5.74) is 0. The number of hydrogen-bond acceptors (Lipinski definition) is 3. The Hall–Kier alpha value is -0.290. The molecule has 0 aromatic carbocycles. The smallest absolute Gasteiger partial charge is 0.381 e. The molecule has 1 aliphatic rings. The van der Waals surface area contributed by atoms with Gasteiger partial charge >= 0.3 is 6.18 Å². The van der Waals surface area contributed by atoms with Gasteiger partial charge in [0.25, 0.3) is 0 Å². The summed E-state index contributed by atoms with van der Waals surface area (Å²) in [4.78, 5) is 7.71. The number of nitrogens with one attached hydrogen (secondary N) is 1. The van der Waals surface area contributed by atoms with E-state index in [0.29, 0.717) is 38.7 Å². The number of guanidine groups is 1. The van der Waals surface area contributed by atoms with Gasteiger partial charge in [0.15, 0.2) is 5.96 Å². The molecule has 1 unspecified atom stereocenters. The predicted octanol–water partition coefficient (Wildman–Crippen LogP) is 2.81. The largest absolute Gasteiger partial charge is 0.403 e. The number of ether oxygens (including phenoxy) is 1. The molecule has 0 aromatic rings. The van der Waals surface area contributed by atoms with E-state index in [1.54, 1.807) is 7.05 Å². The number of halogens is 4. The van der Waals surface area contributed by atoms with Gasteiger partial charge in [-0.05, 0) is 19.3 Å². The van der Waals surface area contributed by atoms with Crippen LogP contribution in [0.3, 0.4) is 0 Å². The number of rotatable bonds is 7. The van der Waals surface area contributed by atoms with Gasteiger partial charge in [0.2, 0.25) is 0 Å². The zero-order valence-electron chi connectivity index (χ0n) is 15.6. The third kappa shape index (κ3) is 9.28. The van der Waals surface area contributed by atoms with Gasteiger partial charge in [-0.25, -0.2) is 0 Å². The van der Waals surface area contributed by atoms with Gasteiger partial charge in [0, 0.05) is 53.0 Å². The highest BCUT2D eigenvalue weighted by Crippen LogP contribution is 2.25. The van der Waals surface area contributed by atoms with Crippen molar-refractivity contribution < 1.29 is 17.9 Å². The SMILES string of the molecule is CN=C(NCCCOCC(C)C)N1CCN(C(C)C(F)(F)F)CC1.I. The van der Waals surface area contributed by atoms with Crippen LogP contribution in [0.25, 0.3) is 0 Å². The second-order valence-corrected chi connectivity index (χ2v) is 6.54. The molecule has 1 rings (SSSR count).